The zero-order chi connectivity index (χ0) is 15.4. The summed E-state index contributed by atoms with van der Waals surface area (Å²) in [5.41, 5.74) is 5.12. The van der Waals surface area contributed by atoms with Crippen LogP contribution in [0.4, 0.5) is 5.69 Å². The van der Waals surface area contributed by atoms with Crippen molar-refractivity contribution in [3.63, 3.8) is 0 Å². The Morgan fingerprint density at radius 3 is 2.76 bits per heavy atom. The highest BCUT2D eigenvalue weighted by Gasteiger charge is 2.18. The lowest BCUT2D eigenvalue weighted by Gasteiger charge is -2.19. The lowest BCUT2D eigenvalue weighted by molar-refractivity contribution is 0.0787. The van der Waals surface area contributed by atoms with Gasteiger partial charge in [-0.3, -0.25) is 9.78 Å². The third-order valence-electron chi connectivity index (χ3n) is 3.21. The average Bonchev–Trinajstić information content (AvgIpc) is 2.84. The van der Waals surface area contributed by atoms with Crippen molar-refractivity contribution in [3.05, 3.63) is 39.6 Å². The maximum absolute atomic E-state index is 12.6. The zero-order valence-electron chi connectivity index (χ0n) is 12.8. The van der Waals surface area contributed by atoms with Gasteiger partial charge >= 0.3 is 0 Å². The van der Waals surface area contributed by atoms with E-state index in [9.17, 15) is 4.79 Å². The molecule has 0 unspecified atom stereocenters. The first-order valence-electron chi connectivity index (χ1n) is 6.87. The molecule has 0 atom stereocenters. The van der Waals surface area contributed by atoms with Gasteiger partial charge in [-0.05, 0) is 26.8 Å². The van der Waals surface area contributed by atoms with Gasteiger partial charge in [0.1, 0.15) is 0 Å². The van der Waals surface area contributed by atoms with Gasteiger partial charge in [-0.15, -0.1) is 11.3 Å². The van der Waals surface area contributed by atoms with Crippen molar-refractivity contribution in [2.24, 2.45) is 0 Å². The number of hydrogen-bond donors (Lipinski definition) is 1. The summed E-state index contributed by atoms with van der Waals surface area (Å²) in [5, 5.41) is 3.23. The van der Waals surface area contributed by atoms with Crippen molar-refractivity contribution in [1.29, 1.82) is 0 Å². The van der Waals surface area contributed by atoms with Gasteiger partial charge in [0.2, 0.25) is 0 Å². The van der Waals surface area contributed by atoms with E-state index in [1.165, 1.54) is 0 Å². The number of amides is 1. The fraction of sp³-hybridized carbons (Fsp3) is 0.400. The van der Waals surface area contributed by atoms with E-state index in [1.807, 2.05) is 26.8 Å². The van der Waals surface area contributed by atoms with Crippen molar-refractivity contribution < 1.29 is 4.79 Å². The lowest BCUT2D eigenvalue weighted by Crippen LogP contribution is -2.27. The Balaban J connectivity index is 2.21. The average molecular weight is 304 g/mol. The van der Waals surface area contributed by atoms with Gasteiger partial charge in [0, 0.05) is 30.4 Å². The summed E-state index contributed by atoms with van der Waals surface area (Å²) < 4.78 is 0. The highest BCUT2D eigenvalue weighted by molar-refractivity contribution is 7.09. The van der Waals surface area contributed by atoms with E-state index in [1.54, 1.807) is 35.0 Å². The van der Waals surface area contributed by atoms with Gasteiger partial charge in [0.25, 0.3) is 5.91 Å². The van der Waals surface area contributed by atoms with Crippen LogP contribution in [0.3, 0.4) is 0 Å². The van der Waals surface area contributed by atoms with Crippen LogP contribution in [0, 0.1) is 13.8 Å². The highest BCUT2D eigenvalue weighted by atomic mass is 32.1. The molecule has 21 heavy (non-hydrogen) atoms. The van der Waals surface area contributed by atoms with Gasteiger partial charge in [0.05, 0.1) is 29.0 Å². The minimum Gasteiger partial charge on any atom is -0.385 e. The van der Waals surface area contributed by atoms with Crippen LogP contribution < -0.4 is 5.32 Å². The Morgan fingerprint density at radius 1 is 1.38 bits per heavy atom. The largest absolute Gasteiger partial charge is 0.385 e. The van der Waals surface area contributed by atoms with E-state index >= 15 is 0 Å². The molecule has 6 heteroatoms. The molecular formula is C15H20N4OS. The molecule has 5 nitrogen and oxygen atoms in total. The topological polar surface area (TPSA) is 58.1 Å². The van der Waals surface area contributed by atoms with E-state index in [2.05, 4.69) is 15.3 Å². The van der Waals surface area contributed by atoms with Crippen LogP contribution in [0.1, 0.15) is 33.5 Å². The molecule has 0 saturated heterocycles. The van der Waals surface area contributed by atoms with E-state index in [0.29, 0.717) is 12.1 Å². The number of pyridine rings is 1. The van der Waals surface area contributed by atoms with E-state index in [0.717, 1.165) is 28.5 Å². The van der Waals surface area contributed by atoms with Crippen LogP contribution in [0.2, 0.25) is 0 Å². The summed E-state index contributed by atoms with van der Waals surface area (Å²) >= 11 is 1.57. The number of nitrogens with zero attached hydrogens (tertiary/aromatic N) is 3. The molecule has 0 aliphatic carbocycles. The van der Waals surface area contributed by atoms with Gasteiger partial charge in [-0.1, -0.05) is 0 Å². The normalized spacial score (nSPS) is 10.5. The molecule has 2 aromatic heterocycles. The maximum atomic E-state index is 12.6. The quantitative estimate of drug-likeness (QED) is 0.923. The molecule has 0 fully saturated rings. The zero-order valence-corrected chi connectivity index (χ0v) is 13.6. The number of thiazole rings is 1. The second-order valence-electron chi connectivity index (χ2n) is 4.92. The molecule has 2 aromatic rings. The first kappa shape index (κ1) is 15.4. The second kappa shape index (κ2) is 6.67. The van der Waals surface area contributed by atoms with Crippen LogP contribution in [0.25, 0.3) is 0 Å². The number of hydrogen-bond acceptors (Lipinski definition) is 5. The van der Waals surface area contributed by atoms with Crippen LogP contribution in [-0.2, 0) is 6.54 Å². The van der Waals surface area contributed by atoms with Crippen molar-refractivity contribution >= 4 is 22.9 Å². The number of anilines is 1. The summed E-state index contributed by atoms with van der Waals surface area (Å²) in [4.78, 5) is 23.9. The second-order valence-corrected chi connectivity index (χ2v) is 5.86. The maximum Gasteiger partial charge on any atom is 0.257 e. The molecule has 2 rings (SSSR count). The van der Waals surface area contributed by atoms with Gasteiger partial charge in [-0.2, -0.15) is 0 Å². The summed E-state index contributed by atoms with van der Waals surface area (Å²) in [6.07, 6.45) is 1.64. The Labute approximate surface area is 129 Å². The van der Waals surface area contributed by atoms with Crippen LogP contribution in [0.15, 0.2) is 17.8 Å². The predicted molar refractivity (Wildman–Crippen MR) is 85.8 cm³/mol. The number of carbonyl (C=O) groups is 1. The number of rotatable bonds is 5. The van der Waals surface area contributed by atoms with Gasteiger partial charge in [-0.25, -0.2) is 4.98 Å². The molecule has 0 saturated carbocycles. The SMILES string of the molecule is CCNc1cc(C)ncc1C(=O)N(C)Cc1scnc1C. The molecule has 0 bridgehead atoms. The fourth-order valence-corrected chi connectivity index (χ4v) is 2.87. The third kappa shape index (κ3) is 3.58. The molecule has 1 N–H and O–H groups in total. The standard InChI is InChI=1S/C15H20N4OS/c1-5-16-13-6-10(2)17-7-12(13)15(20)19(4)8-14-11(3)18-9-21-14/h6-7,9H,5,8H2,1-4H3,(H,16,17). The van der Waals surface area contributed by atoms with Gasteiger partial charge < -0.3 is 10.2 Å². The van der Waals surface area contributed by atoms with Crippen molar-refractivity contribution in [3.8, 4) is 0 Å². The first-order chi connectivity index (χ1) is 10.0. The monoisotopic (exact) mass is 304 g/mol. The summed E-state index contributed by atoms with van der Waals surface area (Å²) in [6, 6.07) is 1.91. The predicted octanol–water partition coefficient (Wildman–Crippen LogP) is 2.86. The third-order valence-corrected chi connectivity index (χ3v) is 4.13. The van der Waals surface area contributed by atoms with E-state index in [-0.39, 0.29) is 5.91 Å². The Morgan fingerprint density at radius 2 is 2.14 bits per heavy atom. The molecule has 0 aliphatic rings. The molecule has 0 spiro atoms. The van der Waals surface area contributed by atoms with Crippen LogP contribution in [-0.4, -0.2) is 34.4 Å². The van der Waals surface area contributed by atoms with Crippen molar-refractivity contribution in [2.75, 3.05) is 18.9 Å². The first-order valence-corrected chi connectivity index (χ1v) is 7.75. The molecular weight excluding hydrogens is 284 g/mol. The Bertz CT molecular complexity index is 638. The van der Waals surface area contributed by atoms with Crippen LogP contribution in [0.5, 0.6) is 0 Å². The van der Waals surface area contributed by atoms with Crippen molar-refractivity contribution in [2.45, 2.75) is 27.3 Å². The Kier molecular flexibility index (Phi) is 4.90. The molecule has 0 aromatic carbocycles. The molecule has 2 heterocycles. The van der Waals surface area contributed by atoms with E-state index in [4.69, 9.17) is 0 Å². The molecule has 112 valence electrons. The lowest BCUT2D eigenvalue weighted by atomic mass is 10.2. The number of aromatic nitrogens is 2. The summed E-state index contributed by atoms with van der Waals surface area (Å²) in [6.45, 7) is 7.21. The summed E-state index contributed by atoms with van der Waals surface area (Å²) in [5.74, 6) is -0.0359. The summed E-state index contributed by atoms with van der Waals surface area (Å²) in [7, 11) is 1.80. The minimum atomic E-state index is -0.0359. The molecule has 0 aliphatic heterocycles. The van der Waals surface area contributed by atoms with E-state index < -0.39 is 0 Å². The van der Waals surface area contributed by atoms with Crippen LogP contribution >= 0.6 is 11.3 Å². The molecule has 1 amide bonds. The Hall–Kier alpha value is -1.95. The number of nitrogens with one attached hydrogen (secondary N) is 1. The van der Waals surface area contributed by atoms with Crippen molar-refractivity contribution in [1.82, 2.24) is 14.9 Å². The highest BCUT2D eigenvalue weighted by Crippen LogP contribution is 2.20. The smallest absolute Gasteiger partial charge is 0.257 e. The van der Waals surface area contributed by atoms with Gasteiger partial charge in [0.15, 0.2) is 0 Å². The number of carbonyl (C=O) groups excluding carboxylic acids is 1. The molecule has 0 radical (unpaired) electrons. The fourth-order valence-electron chi connectivity index (χ4n) is 2.04. The number of aryl methyl sites for hydroxylation is 2. The minimum absolute atomic E-state index is 0.0359.